The third-order valence-corrected chi connectivity index (χ3v) is 6.65. The maximum Gasteiger partial charge on any atom is 1.00 e. The molecule has 0 saturated carbocycles. The van der Waals surface area contributed by atoms with Crippen LogP contribution in [0.1, 0.15) is 71.6 Å². The minimum Gasteiger partial charge on any atom is -0.877 e. The summed E-state index contributed by atoms with van der Waals surface area (Å²) in [5.41, 5.74) is -0.228. The van der Waals surface area contributed by atoms with E-state index >= 15 is 0 Å². The Morgan fingerprint density at radius 1 is 0.786 bits per heavy atom. The molecule has 0 spiro atoms. The van der Waals surface area contributed by atoms with Crippen molar-refractivity contribution >= 4 is 35.3 Å². The quantitative estimate of drug-likeness (QED) is 0.117. The van der Waals surface area contributed by atoms with E-state index in [9.17, 15) is 14.7 Å². The summed E-state index contributed by atoms with van der Waals surface area (Å²) >= 11 is 3.56. The number of carbonyl (C=O) groups excluding carboxylic acids is 2. The summed E-state index contributed by atoms with van der Waals surface area (Å²) < 4.78 is 0. The molecular weight excluding hydrogens is 403 g/mol. The predicted octanol–water partition coefficient (Wildman–Crippen LogP) is 0.795. The molecule has 0 aromatic carbocycles. The van der Waals surface area contributed by atoms with E-state index in [-0.39, 0.29) is 35.1 Å². The van der Waals surface area contributed by atoms with Crippen LogP contribution in [-0.4, -0.2) is 51.5 Å². The van der Waals surface area contributed by atoms with Crippen LogP contribution in [0.5, 0.6) is 0 Å². The van der Waals surface area contributed by atoms with Gasteiger partial charge in [-0.3, -0.25) is 9.59 Å². The number of carbonyl (C=O) groups is 2. The van der Waals surface area contributed by atoms with Crippen molar-refractivity contribution in [2.45, 2.75) is 71.6 Å². The van der Waals surface area contributed by atoms with E-state index in [4.69, 9.17) is 0 Å². The molecule has 156 valence electrons. The Hall–Kier alpha value is 0.180. The fourth-order valence-electron chi connectivity index (χ4n) is 2.87. The summed E-state index contributed by atoms with van der Waals surface area (Å²) in [6.45, 7) is 4.89. The molecule has 0 unspecified atom stereocenters. The Balaban J connectivity index is 0.00000729. The Kier molecular flexibility index (Phi) is 18.1. The molecular formula is C20H35N2NaO3S2. The van der Waals surface area contributed by atoms with Gasteiger partial charge in [-0.15, -0.1) is 18.0 Å². The number of amides is 2. The molecule has 1 fully saturated rings. The van der Waals surface area contributed by atoms with Gasteiger partial charge in [-0.2, -0.15) is 11.8 Å². The maximum atomic E-state index is 12.3. The standard InChI is InChI=1S/C20H36N2O3S2.Na/c1-3-5-7-9-13-26-15-11-12-21-19(24)18(16-23)20(25)22(21)17-27-14-10-8-6-4-2;/h16,23H,3-15,17H2,1-2H3;/q;+1/p-1/b18-16-;. The zero-order valence-electron chi connectivity index (χ0n) is 17.9. The number of hydrogen-bond acceptors (Lipinski definition) is 5. The third kappa shape index (κ3) is 10.3. The number of hydrogen-bond donors (Lipinski definition) is 0. The first-order valence-corrected chi connectivity index (χ1v) is 12.6. The van der Waals surface area contributed by atoms with E-state index in [0.29, 0.717) is 18.7 Å². The molecule has 0 aromatic rings. The first-order chi connectivity index (χ1) is 13.2. The first kappa shape index (κ1) is 28.2. The van der Waals surface area contributed by atoms with E-state index in [1.807, 2.05) is 11.8 Å². The zero-order chi connectivity index (χ0) is 19.9. The molecule has 1 heterocycles. The first-order valence-electron chi connectivity index (χ1n) is 10.3. The summed E-state index contributed by atoms with van der Waals surface area (Å²) in [5, 5.41) is 14.1. The van der Waals surface area contributed by atoms with Crippen LogP contribution in [0.3, 0.4) is 0 Å². The number of unbranched alkanes of at least 4 members (excludes halogenated alkanes) is 6. The van der Waals surface area contributed by atoms with Crippen LogP contribution < -0.4 is 34.7 Å². The predicted molar refractivity (Wildman–Crippen MR) is 114 cm³/mol. The van der Waals surface area contributed by atoms with Gasteiger partial charge >= 0.3 is 29.6 Å². The van der Waals surface area contributed by atoms with Crippen molar-refractivity contribution in [1.82, 2.24) is 10.0 Å². The SMILES string of the molecule is CCCCCCSCCCN1C(=O)/C(=C/[O-])C(=O)N1CSCCCCCC.[Na+]. The monoisotopic (exact) mass is 438 g/mol. The van der Waals surface area contributed by atoms with E-state index in [0.717, 1.165) is 30.1 Å². The van der Waals surface area contributed by atoms with Gasteiger partial charge in [0, 0.05) is 6.54 Å². The van der Waals surface area contributed by atoms with Crippen molar-refractivity contribution in [3.05, 3.63) is 11.8 Å². The van der Waals surface area contributed by atoms with E-state index in [1.165, 1.54) is 55.0 Å². The van der Waals surface area contributed by atoms with Crippen LogP contribution in [0.25, 0.3) is 0 Å². The smallest absolute Gasteiger partial charge is 0.877 e. The number of nitrogens with zero attached hydrogens (tertiary/aromatic N) is 2. The van der Waals surface area contributed by atoms with Crippen LogP contribution >= 0.6 is 23.5 Å². The molecule has 5 nitrogen and oxygen atoms in total. The molecule has 28 heavy (non-hydrogen) atoms. The van der Waals surface area contributed by atoms with Gasteiger partial charge in [0.15, 0.2) is 0 Å². The second-order valence-electron chi connectivity index (χ2n) is 6.79. The van der Waals surface area contributed by atoms with Crippen LogP contribution in [0.15, 0.2) is 11.8 Å². The van der Waals surface area contributed by atoms with E-state index in [2.05, 4.69) is 13.8 Å². The third-order valence-electron chi connectivity index (χ3n) is 4.50. The molecule has 0 aliphatic carbocycles. The van der Waals surface area contributed by atoms with Crippen molar-refractivity contribution in [1.29, 1.82) is 0 Å². The molecule has 0 radical (unpaired) electrons. The molecule has 1 saturated heterocycles. The molecule has 1 aliphatic rings. The largest absolute Gasteiger partial charge is 1.00 e. The van der Waals surface area contributed by atoms with Gasteiger partial charge in [0.25, 0.3) is 11.8 Å². The van der Waals surface area contributed by atoms with Crippen molar-refractivity contribution in [2.75, 3.05) is 29.7 Å². The Morgan fingerprint density at radius 2 is 1.32 bits per heavy atom. The molecule has 8 heteroatoms. The maximum absolute atomic E-state index is 12.3. The molecule has 1 aliphatic heterocycles. The Labute approximate surface area is 201 Å². The fraction of sp³-hybridized carbons (Fsp3) is 0.800. The minimum absolute atomic E-state index is 0. The molecule has 2 amide bonds. The van der Waals surface area contributed by atoms with Crippen molar-refractivity contribution in [2.24, 2.45) is 0 Å². The average molecular weight is 439 g/mol. The van der Waals surface area contributed by atoms with E-state index < -0.39 is 11.8 Å². The normalized spacial score (nSPS) is 15.6. The summed E-state index contributed by atoms with van der Waals surface area (Å²) in [5.74, 6) is 2.65. The summed E-state index contributed by atoms with van der Waals surface area (Å²) in [7, 11) is 0. The molecule has 0 N–H and O–H groups in total. The summed E-state index contributed by atoms with van der Waals surface area (Å²) in [6.07, 6.45) is 11.0. The molecule has 0 bridgehead atoms. The topological polar surface area (TPSA) is 63.7 Å². The average Bonchev–Trinajstić information content (AvgIpc) is 2.89. The fourth-order valence-corrected chi connectivity index (χ4v) is 4.78. The Morgan fingerprint density at radius 3 is 1.89 bits per heavy atom. The second kappa shape index (κ2) is 18.0. The van der Waals surface area contributed by atoms with Gasteiger partial charge in [0.2, 0.25) is 0 Å². The zero-order valence-corrected chi connectivity index (χ0v) is 21.5. The van der Waals surface area contributed by atoms with Crippen LogP contribution in [-0.2, 0) is 9.59 Å². The summed E-state index contributed by atoms with van der Waals surface area (Å²) in [4.78, 5) is 24.7. The van der Waals surface area contributed by atoms with Gasteiger partial charge in [-0.25, -0.2) is 10.0 Å². The van der Waals surface area contributed by atoms with Gasteiger partial charge in [-0.05, 0) is 36.5 Å². The van der Waals surface area contributed by atoms with Gasteiger partial charge < -0.3 is 5.11 Å². The van der Waals surface area contributed by atoms with Crippen molar-refractivity contribution < 1.29 is 44.3 Å². The Bertz CT molecular complexity index is 478. The van der Waals surface area contributed by atoms with Crippen LogP contribution in [0, 0.1) is 0 Å². The van der Waals surface area contributed by atoms with Gasteiger partial charge in [-0.1, -0.05) is 52.4 Å². The second-order valence-corrected chi connectivity index (χ2v) is 9.09. The van der Waals surface area contributed by atoms with Gasteiger partial charge in [0.1, 0.15) is 0 Å². The number of thioether (sulfide) groups is 2. The molecule has 0 atom stereocenters. The molecule has 0 aromatic heterocycles. The van der Waals surface area contributed by atoms with E-state index in [1.54, 1.807) is 11.8 Å². The van der Waals surface area contributed by atoms with Crippen LogP contribution in [0.2, 0.25) is 0 Å². The number of hydrazine groups is 1. The van der Waals surface area contributed by atoms with Crippen molar-refractivity contribution in [3.63, 3.8) is 0 Å². The van der Waals surface area contributed by atoms with Crippen molar-refractivity contribution in [3.8, 4) is 0 Å². The van der Waals surface area contributed by atoms with Gasteiger partial charge in [0.05, 0.1) is 11.4 Å². The van der Waals surface area contributed by atoms with Crippen LogP contribution in [0.4, 0.5) is 0 Å². The molecule has 1 rings (SSSR count). The number of rotatable bonds is 16. The summed E-state index contributed by atoms with van der Waals surface area (Å²) in [6, 6.07) is 0. The minimum atomic E-state index is -0.441.